The van der Waals surface area contributed by atoms with Crippen molar-refractivity contribution >= 4 is 6.03 Å². The Kier molecular flexibility index (Phi) is 8.00. The highest BCUT2D eigenvalue weighted by molar-refractivity contribution is 5.74. The second-order valence-corrected chi connectivity index (χ2v) is 6.26. The summed E-state index contributed by atoms with van der Waals surface area (Å²) in [6.45, 7) is 4.52. The Morgan fingerprint density at radius 1 is 1.36 bits per heavy atom. The van der Waals surface area contributed by atoms with E-state index < -0.39 is 12.7 Å². The highest BCUT2D eigenvalue weighted by Gasteiger charge is 2.34. The number of rotatable bonds is 8. The Hall–Kier alpha value is -0.980. The van der Waals surface area contributed by atoms with Crippen LogP contribution in [0.5, 0.6) is 0 Å². The van der Waals surface area contributed by atoms with E-state index in [1.54, 1.807) is 0 Å². The van der Waals surface area contributed by atoms with Crippen LogP contribution in [0.4, 0.5) is 18.0 Å². The monoisotopic (exact) mass is 323 g/mol. The highest BCUT2D eigenvalue weighted by Crippen LogP contribution is 2.22. The second kappa shape index (κ2) is 9.22. The van der Waals surface area contributed by atoms with Crippen molar-refractivity contribution in [2.24, 2.45) is 5.92 Å². The molecular weight excluding hydrogens is 295 g/mol. The molecule has 2 amide bonds. The van der Waals surface area contributed by atoms with Gasteiger partial charge in [0.15, 0.2) is 0 Å². The predicted octanol–water partition coefficient (Wildman–Crippen LogP) is 3.14. The number of hydrogen-bond acceptors (Lipinski definition) is 2. The topological polar surface area (TPSA) is 44.4 Å². The Morgan fingerprint density at radius 3 is 2.73 bits per heavy atom. The molecule has 1 rings (SSSR count). The van der Waals surface area contributed by atoms with Gasteiger partial charge in [0.25, 0.3) is 0 Å². The van der Waals surface area contributed by atoms with Crippen molar-refractivity contribution in [1.29, 1.82) is 0 Å². The normalized spacial score (nSPS) is 20.9. The minimum absolute atomic E-state index is 0.100. The van der Waals surface area contributed by atoms with Crippen molar-refractivity contribution in [2.75, 3.05) is 26.2 Å². The number of nitrogens with zero attached hydrogens (tertiary/aromatic N) is 1. The van der Waals surface area contributed by atoms with E-state index >= 15 is 0 Å². The number of alkyl halides is 3. The molecule has 0 radical (unpaired) electrons. The van der Waals surface area contributed by atoms with Gasteiger partial charge < -0.3 is 10.6 Å². The Bertz CT molecular complexity index is 336. The van der Waals surface area contributed by atoms with Crippen LogP contribution in [0, 0.1) is 5.92 Å². The van der Waals surface area contributed by atoms with Crippen LogP contribution in [0.3, 0.4) is 0 Å². The molecule has 2 unspecified atom stereocenters. The van der Waals surface area contributed by atoms with Crippen molar-refractivity contribution < 1.29 is 18.0 Å². The summed E-state index contributed by atoms with van der Waals surface area (Å²) >= 11 is 0. The van der Waals surface area contributed by atoms with E-state index in [-0.39, 0.29) is 18.0 Å². The highest BCUT2D eigenvalue weighted by atomic mass is 19.4. The molecule has 0 spiro atoms. The number of carbonyl (C=O) groups is 1. The number of hydrogen-bond donors (Lipinski definition) is 2. The third-order valence-electron chi connectivity index (χ3n) is 3.94. The van der Waals surface area contributed by atoms with Crippen LogP contribution in [-0.2, 0) is 0 Å². The van der Waals surface area contributed by atoms with Gasteiger partial charge in [-0.15, -0.1) is 0 Å². The smallest absolute Gasteiger partial charge is 0.338 e. The van der Waals surface area contributed by atoms with Crippen molar-refractivity contribution in [3.8, 4) is 0 Å². The minimum Gasteiger partial charge on any atom is -0.338 e. The molecule has 1 aliphatic rings. The zero-order valence-electron chi connectivity index (χ0n) is 13.5. The van der Waals surface area contributed by atoms with E-state index in [0.29, 0.717) is 26.1 Å². The van der Waals surface area contributed by atoms with Crippen LogP contribution in [-0.4, -0.2) is 49.3 Å². The first kappa shape index (κ1) is 19.1. The number of halogens is 3. The van der Waals surface area contributed by atoms with Crippen molar-refractivity contribution in [3.05, 3.63) is 0 Å². The fourth-order valence-electron chi connectivity index (χ4n) is 2.76. The lowest BCUT2D eigenvalue weighted by atomic mass is 10.1. The molecule has 2 N–H and O–H groups in total. The van der Waals surface area contributed by atoms with Crippen LogP contribution in [0.25, 0.3) is 0 Å². The molecule has 1 saturated heterocycles. The van der Waals surface area contributed by atoms with E-state index in [1.165, 1.54) is 4.90 Å². The van der Waals surface area contributed by atoms with E-state index in [9.17, 15) is 18.0 Å². The number of likely N-dealkylation sites (tertiary alicyclic amines) is 1. The zero-order chi connectivity index (χ0) is 16.6. The van der Waals surface area contributed by atoms with E-state index in [1.807, 2.05) is 6.92 Å². The molecule has 7 heteroatoms. The van der Waals surface area contributed by atoms with Crippen LogP contribution in [0.15, 0.2) is 0 Å². The molecule has 22 heavy (non-hydrogen) atoms. The summed E-state index contributed by atoms with van der Waals surface area (Å²) in [5.41, 5.74) is 0. The number of unbranched alkanes of at least 4 members (excludes halogenated alkanes) is 2. The van der Waals surface area contributed by atoms with Gasteiger partial charge in [-0.2, -0.15) is 13.2 Å². The SMILES string of the molecule is CCCCCC(C)NC(=O)NCC1CCN(CC(F)(F)F)C1. The molecule has 1 heterocycles. The minimum atomic E-state index is -4.15. The summed E-state index contributed by atoms with van der Waals surface area (Å²) in [4.78, 5) is 13.1. The fourth-order valence-corrected chi connectivity index (χ4v) is 2.76. The number of amides is 2. The van der Waals surface area contributed by atoms with Gasteiger partial charge in [-0.25, -0.2) is 4.79 Å². The molecule has 2 atom stereocenters. The predicted molar refractivity (Wildman–Crippen MR) is 80.7 cm³/mol. The molecule has 1 fully saturated rings. The summed E-state index contributed by atoms with van der Waals surface area (Å²) in [7, 11) is 0. The van der Waals surface area contributed by atoms with Gasteiger partial charge in [-0.05, 0) is 32.2 Å². The van der Waals surface area contributed by atoms with Crippen LogP contribution in [0.2, 0.25) is 0 Å². The molecule has 0 bridgehead atoms. The largest absolute Gasteiger partial charge is 0.401 e. The standard InChI is InChI=1S/C15H28F3N3O/c1-3-4-5-6-12(2)20-14(22)19-9-13-7-8-21(10-13)11-15(16,17)18/h12-13H,3-11H2,1-2H3,(H2,19,20,22). The Morgan fingerprint density at radius 2 is 2.09 bits per heavy atom. The average Bonchev–Trinajstić information content (AvgIpc) is 2.82. The summed E-state index contributed by atoms with van der Waals surface area (Å²) in [6, 6.07) is -0.102. The lowest BCUT2D eigenvalue weighted by Crippen LogP contribution is -2.43. The van der Waals surface area contributed by atoms with Crippen LogP contribution >= 0.6 is 0 Å². The molecule has 0 aromatic heterocycles. The van der Waals surface area contributed by atoms with Gasteiger partial charge in [0.1, 0.15) is 0 Å². The van der Waals surface area contributed by atoms with E-state index in [2.05, 4.69) is 17.6 Å². The summed E-state index contributed by atoms with van der Waals surface area (Å²) in [5.74, 6) is 0.100. The fraction of sp³-hybridized carbons (Fsp3) is 0.933. The van der Waals surface area contributed by atoms with Crippen LogP contribution in [0.1, 0.15) is 46.0 Å². The molecule has 1 aliphatic heterocycles. The third kappa shape index (κ3) is 8.46. The molecule has 130 valence electrons. The van der Waals surface area contributed by atoms with E-state index in [0.717, 1.165) is 25.7 Å². The molecule has 0 aromatic carbocycles. The molecular formula is C15H28F3N3O. The van der Waals surface area contributed by atoms with Gasteiger partial charge in [-0.1, -0.05) is 26.2 Å². The molecule has 0 saturated carbocycles. The molecule has 4 nitrogen and oxygen atoms in total. The first-order valence-corrected chi connectivity index (χ1v) is 8.13. The van der Waals surface area contributed by atoms with Crippen molar-refractivity contribution in [2.45, 2.75) is 58.2 Å². The third-order valence-corrected chi connectivity index (χ3v) is 3.94. The summed E-state index contributed by atoms with van der Waals surface area (Å²) in [5, 5.41) is 5.64. The van der Waals surface area contributed by atoms with Gasteiger partial charge in [0.05, 0.1) is 6.54 Å². The molecule has 0 aromatic rings. The van der Waals surface area contributed by atoms with Crippen molar-refractivity contribution in [1.82, 2.24) is 15.5 Å². The van der Waals surface area contributed by atoms with Gasteiger partial charge in [0.2, 0.25) is 0 Å². The lowest BCUT2D eigenvalue weighted by molar-refractivity contribution is -0.143. The Balaban J connectivity index is 2.14. The van der Waals surface area contributed by atoms with Crippen molar-refractivity contribution in [3.63, 3.8) is 0 Å². The maximum absolute atomic E-state index is 12.3. The van der Waals surface area contributed by atoms with Gasteiger partial charge >= 0.3 is 12.2 Å². The summed E-state index contributed by atoms with van der Waals surface area (Å²) < 4.78 is 36.9. The van der Waals surface area contributed by atoms with E-state index in [4.69, 9.17) is 0 Å². The second-order valence-electron chi connectivity index (χ2n) is 6.26. The average molecular weight is 323 g/mol. The van der Waals surface area contributed by atoms with Gasteiger partial charge in [-0.3, -0.25) is 4.90 Å². The number of urea groups is 1. The molecule has 0 aliphatic carbocycles. The number of carbonyl (C=O) groups excluding carboxylic acids is 1. The maximum Gasteiger partial charge on any atom is 0.401 e. The van der Waals surface area contributed by atoms with Crippen LogP contribution < -0.4 is 10.6 Å². The zero-order valence-corrected chi connectivity index (χ0v) is 13.5. The summed E-state index contributed by atoms with van der Waals surface area (Å²) in [6.07, 6.45) is 0.896. The first-order valence-electron chi connectivity index (χ1n) is 8.13. The first-order chi connectivity index (χ1) is 10.3. The van der Waals surface area contributed by atoms with Gasteiger partial charge in [0, 0.05) is 19.1 Å². The maximum atomic E-state index is 12.3. The quantitative estimate of drug-likeness (QED) is 0.674. The Labute approximate surface area is 130 Å². The number of nitrogens with one attached hydrogen (secondary N) is 2. The lowest BCUT2D eigenvalue weighted by Gasteiger charge is -2.18.